The van der Waals surface area contributed by atoms with Crippen LogP contribution in [0.2, 0.25) is 0 Å². The van der Waals surface area contributed by atoms with E-state index in [9.17, 15) is 17.6 Å². The lowest BCUT2D eigenvalue weighted by atomic mass is 9.99. The number of halogens is 1. The third-order valence-electron chi connectivity index (χ3n) is 3.19. The van der Waals surface area contributed by atoms with Gasteiger partial charge in [-0.2, -0.15) is 0 Å². The zero-order valence-electron chi connectivity index (χ0n) is 12.0. The Balaban J connectivity index is 3.45. The van der Waals surface area contributed by atoms with E-state index in [1.165, 1.54) is 28.1 Å². The summed E-state index contributed by atoms with van der Waals surface area (Å²) in [5.74, 6) is -1.41. The number of methoxy groups -OCH3 is 2. The molecule has 0 unspecified atom stereocenters. The molecule has 5 nitrogen and oxygen atoms in total. The van der Waals surface area contributed by atoms with E-state index in [1.807, 2.05) is 0 Å². The van der Waals surface area contributed by atoms with E-state index in [1.54, 1.807) is 0 Å². The molecular weight excluding hydrogens is 287 g/mol. The van der Waals surface area contributed by atoms with Gasteiger partial charge in [0.1, 0.15) is 10.6 Å². The van der Waals surface area contributed by atoms with Crippen LogP contribution in [-0.4, -0.2) is 39.4 Å². The first kappa shape index (κ1) is 16.4. The molecule has 0 atom stereocenters. The summed E-state index contributed by atoms with van der Waals surface area (Å²) < 4.78 is 45.5. The van der Waals surface area contributed by atoms with E-state index in [-0.39, 0.29) is 17.1 Å². The van der Waals surface area contributed by atoms with Crippen molar-refractivity contribution >= 4 is 15.6 Å². The van der Waals surface area contributed by atoms with Crippen molar-refractivity contribution in [1.82, 2.24) is 0 Å². The molecule has 0 radical (unpaired) electrons. The Kier molecular flexibility index (Phi) is 4.43. The molecule has 1 aromatic rings. The smallest absolute Gasteiger partial charge is 0.186 e. The van der Waals surface area contributed by atoms with Crippen molar-refractivity contribution in [3.8, 4) is 11.5 Å². The van der Waals surface area contributed by atoms with Gasteiger partial charge in [0.15, 0.2) is 27.1 Å². The molecule has 0 bridgehead atoms. The molecule has 0 heterocycles. The summed E-state index contributed by atoms with van der Waals surface area (Å²) in [6.45, 7) is 2.47. The Morgan fingerprint density at radius 3 is 2.00 bits per heavy atom. The molecule has 20 heavy (non-hydrogen) atoms. The highest BCUT2D eigenvalue weighted by Crippen LogP contribution is 2.32. The molecule has 1 rings (SSSR count). The van der Waals surface area contributed by atoms with Gasteiger partial charge in [0, 0.05) is 12.3 Å². The van der Waals surface area contributed by atoms with E-state index >= 15 is 0 Å². The fourth-order valence-electron chi connectivity index (χ4n) is 1.52. The van der Waals surface area contributed by atoms with Crippen LogP contribution in [0.4, 0.5) is 4.39 Å². The first-order chi connectivity index (χ1) is 9.06. The van der Waals surface area contributed by atoms with Crippen LogP contribution in [0.1, 0.15) is 24.2 Å². The van der Waals surface area contributed by atoms with E-state index < -0.39 is 26.2 Å². The van der Waals surface area contributed by atoms with Crippen LogP contribution in [0, 0.1) is 5.82 Å². The summed E-state index contributed by atoms with van der Waals surface area (Å²) in [6.07, 6.45) is 0.934. The Morgan fingerprint density at radius 1 is 1.15 bits per heavy atom. The number of carbonyl (C=O) groups excluding carboxylic acids is 1. The fraction of sp³-hybridized carbons (Fsp3) is 0.462. The lowest BCUT2D eigenvalue weighted by molar-refractivity contribution is 0.0949. The first-order valence-corrected chi connectivity index (χ1v) is 7.61. The predicted molar refractivity (Wildman–Crippen MR) is 72.8 cm³/mol. The maximum atomic E-state index is 14.0. The number of benzene rings is 1. The number of ether oxygens (including phenoxy) is 2. The van der Waals surface area contributed by atoms with E-state index in [2.05, 4.69) is 0 Å². The lowest BCUT2D eigenvalue weighted by Crippen LogP contribution is -2.40. The SMILES string of the molecule is COc1cc(F)c(C(=O)C(C)(C)S(C)(=O)=O)cc1OC. The normalized spacial score (nSPS) is 12.1. The van der Waals surface area contributed by atoms with Crippen LogP contribution in [0.15, 0.2) is 12.1 Å². The molecule has 0 aliphatic rings. The van der Waals surface area contributed by atoms with Gasteiger partial charge in [-0.25, -0.2) is 12.8 Å². The number of hydrogen-bond acceptors (Lipinski definition) is 5. The van der Waals surface area contributed by atoms with Crippen molar-refractivity contribution in [1.29, 1.82) is 0 Å². The molecule has 0 amide bonds. The van der Waals surface area contributed by atoms with Crippen LogP contribution in [-0.2, 0) is 9.84 Å². The molecule has 0 saturated carbocycles. The molecule has 0 aliphatic heterocycles. The zero-order valence-corrected chi connectivity index (χ0v) is 12.8. The zero-order chi connectivity index (χ0) is 15.7. The average Bonchev–Trinajstić information content (AvgIpc) is 2.36. The molecule has 1 aromatic carbocycles. The minimum atomic E-state index is -3.69. The van der Waals surface area contributed by atoms with E-state index in [4.69, 9.17) is 9.47 Å². The number of carbonyl (C=O) groups is 1. The summed E-state index contributed by atoms with van der Waals surface area (Å²) in [7, 11) is -1.02. The van der Waals surface area contributed by atoms with Crippen LogP contribution in [0.25, 0.3) is 0 Å². The van der Waals surface area contributed by atoms with Crippen molar-refractivity contribution < 1.29 is 27.1 Å². The average molecular weight is 304 g/mol. The largest absolute Gasteiger partial charge is 0.493 e. The second-order valence-electron chi connectivity index (χ2n) is 4.80. The number of Topliss-reactive ketones (excluding diaryl/α,β-unsaturated/α-hetero) is 1. The molecule has 0 saturated heterocycles. The van der Waals surface area contributed by atoms with E-state index in [0.717, 1.165) is 18.4 Å². The van der Waals surface area contributed by atoms with Crippen molar-refractivity contribution in [2.75, 3.05) is 20.5 Å². The Labute approximate surface area is 117 Å². The summed E-state index contributed by atoms with van der Waals surface area (Å²) >= 11 is 0. The van der Waals surface area contributed by atoms with Gasteiger partial charge >= 0.3 is 0 Å². The summed E-state index contributed by atoms with van der Waals surface area (Å²) in [5, 5.41) is 0. The molecule has 7 heteroatoms. The fourth-order valence-corrected chi connectivity index (χ4v) is 1.97. The monoisotopic (exact) mass is 304 g/mol. The summed E-state index contributed by atoms with van der Waals surface area (Å²) in [4.78, 5) is 12.3. The van der Waals surface area contributed by atoms with Crippen molar-refractivity contribution in [3.05, 3.63) is 23.5 Å². The minimum absolute atomic E-state index is 0.124. The Morgan fingerprint density at radius 2 is 1.60 bits per heavy atom. The number of sulfone groups is 1. The number of ketones is 1. The molecule has 0 spiro atoms. The predicted octanol–water partition coefficient (Wildman–Crippen LogP) is 1.85. The highest BCUT2D eigenvalue weighted by atomic mass is 32.2. The van der Waals surface area contributed by atoms with Crippen molar-refractivity contribution in [2.45, 2.75) is 18.6 Å². The second kappa shape index (κ2) is 5.40. The van der Waals surface area contributed by atoms with Crippen LogP contribution in [0.3, 0.4) is 0 Å². The van der Waals surface area contributed by atoms with Crippen LogP contribution >= 0.6 is 0 Å². The van der Waals surface area contributed by atoms with E-state index in [0.29, 0.717) is 0 Å². The molecule has 0 aromatic heterocycles. The van der Waals surface area contributed by atoms with Gasteiger partial charge in [-0.05, 0) is 19.9 Å². The summed E-state index contributed by atoms with van der Waals surface area (Å²) in [5.41, 5.74) is -0.349. The quantitative estimate of drug-likeness (QED) is 0.776. The molecular formula is C13H17FO5S. The first-order valence-electron chi connectivity index (χ1n) is 5.72. The van der Waals surface area contributed by atoms with Gasteiger partial charge in [0.05, 0.1) is 19.8 Å². The highest BCUT2D eigenvalue weighted by molar-refractivity contribution is 7.92. The van der Waals surface area contributed by atoms with Crippen LogP contribution in [0.5, 0.6) is 11.5 Å². The molecule has 0 fully saturated rings. The minimum Gasteiger partial charge on any atom is -0.493 e. The lowest BCUT2D eigenvalue weighted by Gasteiger charge is -2.21. The van der Waals surface area contributed by atoms with Crippen molar-refractivity contribution in [3.63, 3.8) is 0 Å². The topological polar surface area (TPSA) is 69.7 Å². The van der Waals surface area contributed by atoms with Gasteiger partial charge in [0.2, 0.25) is 0 Å². The third kappa shape index (κ3) is 2.77. The molecule has 0 N–H and O–H groups in total. The van der Waals surface area contributed by atoms with Crippen LogP contribution < -0.4 is 9.47 Å². The van der Waals surface area contributed by atoms with Gasteiger partial charge in [-0.1, -0.05) is 0 Å². The molecule has 0 aliphatic carbocycles. The molecule has 112 valence electrons. The maximum absolute atomic E-state index is 14.0. The Bertz CT molecular complexity index is 634. The number of hydrogen-bond donors (Lipinski definition) is 0. The van der Waals surface area contributed by atoms with Gasteiger partial charge in [-0.15, -0.1) is 0 Å². The highest BCUT2D eigenvalue weighted by Gasteiger charge is 2.40. The Hall–Kier alpha value is -1.63. The second-order valence-corrected chi connectivity index (χ2v) is 7.36. The number of rotatable bonds is 5. The summed E-state index contributed by atoms with van der Waals surface area (Å²) in [6, 6.07) is 2.13. The third-order valence-corrected chi connectivity index (χ3v) is 5.23. The van der Waals surface area contributed by atoms with Gasteiger partial charge in [0.25, 0.3) is 0 Å². The van der Waals surface area contributed by atoms with Gasteiger partial charge in [-0.3, -0.25) is 4.79 Å². The van der Waals surface area contributed by atoms with Crippen molar-refractivity contribution in [2.24, 2.45) is 0 Å². The van der Waals surface area contributed by atoms with Gasteiger partial charge < -0.3 is 9.47 Å². The maximum Gasteiger partial charge on any atom is 0.186 e. The standard InChI is InChI=1S/C13H17FO5S/c1-13(2,20(5,16)17)12(15)8-6-10(18-3)11(19-4)7-9(8)14/h6-7H,1-5H3.